The molecule has 0 amide bonds. The largest absolute Gasteiger partial charge is 0.370 e. The van der Waals surface area contributed by atoms with Gasteiger partial charge < -0.3 is 4.74 Å². The summed E-state index contributed by atoms with van der Waals surface area (Å²) in [4.78, 5) is 5.47. The molecule has 170 valence electrons. The number of rotatable bonds is 5. The molecular formula is C22H32N4O3S2. The number of nitrogens with zero attached hydrogens (tertiary/aromatic N) is 4. The predicted molar refractivity (Wildman–Crippen MR) is 121 cm³/mol. The maximum absolute atomic E-state index is 11.7. The normalized spacial score (nSPS) is 31.5. The van der Waals surface area contributed by atoms with Gasteiger partial charge in [0.2, 0.25) is 0 Å². The maximum atomic E-state index is 11.7. The summed E-state index contributed by atoms with van der Waals surface area (Å²) in [6.07, 6.45) is 8.77. The minimum atomic E-state index is -2.95. The zero-order chi connectivity index (χ0) is 21.8. The molecular weight excluding hydrogens is 432 g/mol. The van der Waals surface area contributed by atoms with Gasteiger partial charge in [-0.15, -0.1) is 16.4 Å². The monoisotopic (exact) mass is 464 g/mol. The van der Waals surface area contributed by atoms with Crippen molar-refractivity contribution in [2.24, 2.45) is 0 Å². The van der Waals surface area contributed by atoms with Crippen LogP contribution < -0.4 is 0 Å². The summed E-state index contributed by atoms with van der Waals surface area (Å²) in [5, 5.41) is 8.45. The molecule has 0 unspecified atom stereocenters. The lowest BCUT2D eigenvalue weighted by Gasteiger charge is -2.47. The number of aromatic nitrogens is 3. The molecule has 7 nitrogen and oxygen atoms in total. The SMILES string of the molecule is CCc1cc2c(s1)CCO[C@@]21CCN(Cc2cn(C3CC(S(C)(=O)=O)C3)nn2)[C@@H](C)C1. The smallest absolute Gasteiger partial charge is 0.150 e. The van der Waals surface area contributed by atoms with Gasteiger partial charge in [-0.2, -0.15) is 0 Å². The van der Waals surface area contributed by atoms with Crippen molar-refractivity contribution in [1.29, 1.82) is 0 Å². The first kappa shape index (κ1) is 21.6. The molecule has 9 heteroatoms. The van der Waals surface area contributed by atoms with Gasteiger partial charge in [-0.3, -0.25) is 4.90 Å². The van der Waals surface area contributed by atoms with Crippen LogP contribution in [-0.2, 0) is 39.6 Å². The Morgan fingerprint density at radius 1 is 1.35 bits per heavy atom. The van der Waals surface area contributed by atoms with E-state index < -0.39 is 9.84 Å². The van der Waals surface area contributed by atoms with Crippen LogP contribution in [0.15, 0.2) is 12.3 Å². The van der Waals surface area contributed by atoms with Gasteiger partial charge in [0.1, 0.15) is 9.84 Å². The van der Waals surface area contributed by atoms with Gasteiger partial charge in [0.05, 0.1) is 35.4 Å². The Bertz CT molecular complexity index is 1060. The molecule has 3 aliphatic rings. The molecule has 1 saturated heterocycles. The van der Waals surface area contributed by atoms with E-state index in [1.54, 1.807) is 0 Å². The molecule has 1 aliphatic carbocycles. The Morgan fingerprint density at radius 3 is 2.87 bits per heavy atom. The zero-order valence-electron chi connectivity index (χ0n) is 18.6. The number of hydrogen-bond donors (Lipinski definition) is 0. The molecule has 0 aromatic carbocycles. The molecule has 2 aromatic rings. The third kappa shape index (κ3) is 3.98. The van der Waals surface area contributed by atoms with Gasteiger partial charge in [-0.05, 0) is 50.7 Å². The van der Waals surface area contributed by atoms with Gasteiger partial charge in [0, 0.05) is 41.6 Å². The summed E-state index contributed by atoms with van der Waals surface area (Å²) in [5.74, 6) is 0. The van der Waals surface area contributed by atoms with Crippen molar-refractivity contribution in [3.63, 3.8) is 0 Å². The topological polar surface area (TPSA) is 77.3 Å². The number of aryl methyl sites for hydroxylation is 1. The molecule has 5 rings (SSSR count). The third-order valence-corrected chi connectivity index (χ3v) is 10.4. The van der Waals surface area contributed by atoms with Gasteiger partial charge in [0.15, 0.2) is 0 Å². The lowest BCUT2D eigenvalue weighted by atomic mass is 9.79. The Balaban J connectivity index is 1.23. The van der Waals surface area contributed by atoms with Crippen molar-refractivity contribution in [3.05, 3.63) is 33.3 Å². The number of fused-ring (bicyclic) bond motifs is 2. The number of piperidine rings is 1. The van der Waals surface area contributed by atoms with Gasteiger partial charge in [-0.1, -0.05) is 12.1 Å². The van der Waals surface area contributed by atoms with Crippen LogP contribution in [0.3, 0.4) is 0 Å². The van der Waals surface area contributed by atoms with Crippen LogP contribution >= 0.6 is 11.3 Å². The fourth-order valence-electron chi connectivity index (χ4n) is 5.39. The highest BCUT2D eigenvalue weighted by atomic mass is 32.2. The van der Waals surface area contributed by atoms with E-state index in [2.05, 4.69) is 35.1 Å². The molecule has 2 atom stereocenters. The number of likely N-dealkylation sites (tertiary alicyclic amines) is 1. The van der Waals surface area contributed by atoms with E-state index in [-0.39, 0.29) is 16.9 Å². The molecule has 1 saturated carbocycles. The first-order chi connectivity index (χ1) is 14.8. The molecule has 2 fully saturated rings. The molecule has 0 bridgehead atoms. The minimum Gasteiger partial charge on any atom is -0.370 e. The second-order valence-corrected chi connectivity index (χ2v) is 13.1. The highest BCUT2D eigenvalue weighted by Gasteiger charge is 2.44. The van der Waals surface area contributed by atoms with Crippen LogP contribution in [-0.4, -0.2) is 59.0 Å². The van der Waals surface area contributed by atoms with Gasteiger partial charge in [0.25, 0.3) is 0 Å². The van der Waals surface area contributed by atoms with Gasteiger partial charge in [-0.25, -0.2) is 13.1 Å². The molecule has 31 heavy (non-hydrogen) atoms. The molecule has 2 aliphatic heterocycles. The quantitative estimate of drug-likeness (QED) is 0.677. The Morgan fingerprint density at radius 2 is 2.16 bits per heavy atom. The Labute approximate surface area is 188 Å². The lowest BCUT2D eigenvalue weighted by Crippen LogP contribution is -2.50. The summed E-state index contributed by atoms with van der Waals surface area (Å²) >= 11 is 1.97. The van der Waals surface area contributed by atoms with Gasteiger partial charge >= 0.3 is 0 Å². The number of thiophene rings is 1. The second-order valence-electron chi connectivity index (χ2n) is 9.54. The third-order valence-electron chi connectivity index (χ3n) is 7.43. The summed E-state index contributed by atoms with van der Waals surface area (Å²) in [6.45, 7) is 7.10. The molecule has 2 aromatic heterocycles. The van der Waals surface area contributed by atoms with Crippen molar-refractivity contribution in [2.45, 2.75) is 81.9 Å². The first-order valence-corrected chi connectivity index (χ1v) is 14.1. The molecule has 0 N–H and O–H groups in total. The molecule has 0 radical (unpaired) electrons. The summed E-state index contributed by atoms with van der Waals surface area (Å²) < 4.78 is 31.6. The number of sulfone groups is 1. The fraction of sp³-hybridized carbons (Fsp3) is 0.727. The molecule has 1 spiro atoms. The summed E-state index contributed by atoms with van der Waals surface area (Å²) in [5.41, 5.74) is 2.28. The average Bonchev–Trinajstić information content (AvgIpc) is 3.29. The second kappa shape index (κ2) is 7.93. The average molecular weight is 465 g/mol. The highest BCUT2D eigenvalue weighted by Crippen LogP contribution is 2.46. The standard InChI is InChI=1S/C22H32N4O3S2/c1-4-18-11-20-21(30-18)5-8-29-22(20)6-7-25(15(2)12-22)13-16-14-26(24-23-16)17-9-19(10-17)31(3,27)28/h11,14-15,17,19H,4-10,12-13H2,1-3H3/t15-,17?,19?,22+/m0/s1. The zero-order valence-corrected chi connectivity index (χ0v) is 20.2. The van der Waals surface area contributed by atoms with Crippen molar-refractivity contribution in [2.75, 3.05) is 19.4 Å². The van der Waals surface area contributed by atoms with E-state index in [9.17, 15) is 8.42 Å². The van der Waals surface area contributed by atoms with Crippen LogP contribution in [0.25, 0.3) is 0 Å². The van der Waals surface area contributed by atoms with E-state index in [0.29, 0.717) is 18.9 Å². The van der Waals surface area contributed by atoms with E-state index in [4.69, 9.17) is 4.74 Å². The fourth-order valence-corrected chi connectivity index (χ4v) is 7.71. The van der Waals surface area contributed by atoms with Crippen molar-refractivity contribution < 1.29 is 13.2 Å². The van der Waals surface area contributed by atoms with Crippen molar-refractivity contribution >= 4 is 21.2 Å². The summed E-state index contributed by atoms with van der Waals surface area (Å²) in [6, 6.07) is 2.95. The lowest BCUT2D eigenvalue weighted by molar-refractivity contribution is -0.112. The van der Waals surface area contributed by atoms with Crippen LogP contribution in [0, 0.1) is 0 Å². The van der Waals surface area contributed by atoms with Crippen molar-refractivity contribution in [1.82, 2.24) is 19.9 Å². The Hall–Kier alpha value is -1.29. The minimum absolute atomic E-state index is 0.127. The number of hydrogen-bond acceptors (Lipinski definition) is 7. The van der Waals surface area contributed by atoms with E-state index >= 15 is 0 Å². The highest BCUT2D eigenvalue weighted by molar-refractivity contribution is 7.91. The van der Waals surface area contributed by atoms with Crippen LogP contribution in [0.5, 0.6) is 0 Å². The van der Waals surface area contributed by atoms with Crippen LogP contribution in [0.4, 0.5) is 0 Å². The summed E-state index contributed by atoms with van der Waals surface area (Å²) in [7, 11) is -2.95. The number of ether oxygens (including phenoxy) is 1. The Kier molecular flexibility index (Phi) is 5.52. The molecule has 4 heterocycles. The van der Waals surface area contributed by atoms with Crippen LogP contribution in [0.2, 0.25) is 0 Å². The van der Waals surface area contributed by atoms with E-state index in [0.717, 1.165) is 51.1 Å². The van der Waals surface area contributed by atoms with Crippen molar-refractivity contribution in [3.8, 4) is 0 Å². The van der Waals surface area contributed by atoms with E-state index in [1.165, 1.54) is 21.6 Å². The van der Waals surface area contributed by atoms with E-state index in [1.807, 2.05) is 22.2 Å². The first-order valence-electron chi connectivity index (χ1n) is 11.4. The maximum Gasteiger partial charge on any atom is 0.150 e. The predicted octanol–water partition coefficient (Wildman–Crippen LogP) is 3.10. The van der Waals surface area contributed by atoms with Crippen LogP contribution in [0.1, 0.15) is 66.6 Å².